The van der Waals surface area contributed by atoms with Crippen molar-refractivity contribution in [1.82, 2.24) is 0 Å². The molecule has 2 saturated carbocycles. The number of hydrogen-bond acceptors (Lipinski definition) is 1. The molecule has 0 spiro atoms. The molecule has 0 amide bonds. The van der Waals surface area contributed by atoms with E-state index in [2.05, 4.69) is 20.8 Å². The Morgan fingerprint density at radius 2 is 1.67 bits per heavy atom. The summed E-state index contributed by atoms with van der Waals surface area (Å²) in [6.07, 6.45) is 7.80. The maximum atomic E-state index is 10.2. The molecule has 0 heterocycles. The molecule has 2 rings (SSSR count). The lowest BCUT2D eigenvalue weighted by molar-refractivity contribution is -0.0388. The molecule has 88 valence electrons. The highest BCUT2D eigenvalue weighted by Crippen LogP contribution is 2.47. The third-order valence-electron chi connectivity index (χ3n) is 4.80. The number of fused-ring (bicyclic) bond motifs is 1. The zero-order valence-electron chi connectivity index (χ0n) is 10.5. The van der Waals surface area contributed by atoms with Gasteiger partial charge in [0.25, 0.3) is 0 Å². The summed E-state index contributed by atoms with van der Waals surface area (Å²) in [6.45, 7) is 6.98. The van der Waals surface area contributed by atoms with Gasteiger partial charge in [-0.05, 0) is 42.4 Å². The monoisotopic (exact) mass is 210 g/mol. The maximum Gasteiger partial charge on any atom is 0.0573 e. The van der Waals surface area contributed by atoms with E-state index in [9.17, 15) is 5.11 Å². The Bertz CT molecular complexity index is 216. The largest absolute Gasteiger partial charge is 0.393 e. The first-order valence-electron chi connectivity index (χ1n) is 6.66. The van der Waals surface area contributed by atoms with Gasteiger partial charge in [-0.1, -0.05) is 40.0 Å². The molecule has 2 fully saturated rings. The molecular formula is C14H26O. The van der Waals surface area contributed by atoms with E-state index in [0.717, 1.165) is 18.3 Å². The van der Waals surface area contributed by atoms with Crippen LogP contribution in [0, 0.1) is 23.2 Å². The van der Waals surface area contributed by atoms with Gasteiger partial charge in [-0.3, -0.25) is 0 Å². The molecule has 0 aromatic carbocycles. The Morgan fingerprint density at radius 1 is 1.00 bits per heavy atom. The van der Waals surface area contributed by atoms with Crippen molar-refractivity contribution in [1.29, 1.82) is 0 Å². The molecule has 0 aromatic heterocycles. The highest BCUT2D eigenvalue weighted by atomic mass is 16.3. The summed E-state index contributed by atoms with van der Waals surface area (Å²) in [5.41, 5.74) is 0.378. The van der Waals surface area contributed by atoms with Gasteiger partial charge in [-0.25, -0.2) is 0 Å². The van der Waals surface area contributed by atoms with Crippen molar-refractivity contribution in [2.75, 3.05) is 0 Å². The number of hydrogen-bond donors (Lipinski definition) is 1. The van der Waals surface area contributed by atoms with Crippen LogP contribution in [0.2, 0.25) is 0 Å². The van der Waals surface area contributed by atoms with Crippen LogP contribution in [0.4, 0.5) is 0 Å². The minimum atomic E-state index is -0.00623. The summed E-state index contributed by atoms with van der Waals surface area (Å²) in [4.78, 5) is 0. The van der Waals surface area contributed by atoms with Crippen molar-refractivity contribution in [3.63, 3.8) is 0 Å². The lowest BCUT2D eigenvalue weighted by Crippen LogP contribution is -2.41. The molecule has 15 heavy (non-hydrogen) atoms. The predicted octanol–water partition coefficient (Wildman–Crippen LogP) is 3.61. The van der Waals surface area contributed by atoms with Crippen molar-refractivity contribution in [2.45, 2.75) is 65.4 Å². The van der Waals surface area contributed by atoms with E-state index >= 15 is 0 Å². The van der Waals surface area contributed by atoms with E-state index in [0.29, 0.717) is 11.3 Å². The van der Waals surface area contributed by atoms with Crippen LogP contribution in [0.1, 0.15) is 59.3 Å². The maximum absolute atomic E-state index is 10.2. The first-order chi connectivity index (χ1) is 6.98. The highest BCUT2D eigenvalue weighted by Gasteiger charge is 2.41. The first kappa shape index (κ1) is 11.4. The lowest BCUT2D eigenvalue weighted by Gasteiger charge is -2.46. The Kier molecular flexibility index (Phi) is 3.12. The lowest BCUT2D eigenvalue weighted by atomic mass is 9.61. The fourth-order valence-corrected chi connectivity index (χ4v) is 3.67. The SMILES string of the molecule is CC(C)(C)C1CC(O)C2CCCCC2C1. The molecule has 1 heteroatoms. The molecule has 0 aromatic rings. The summed E-state index contributed by atoms with van der Waals surface area (Å²) in [6, 6.07) is 0. The standard InChI is InChI=1S/C14H26O/c1-14(2,3)11-8-10-6-4-5-7-12(10)13(15)9-11/h10-13,15H,4-9H2,1-3H3. The summed E-state index contributed by atoms with van der Waals surface area (Å²) in [5.74, 6) is 2.19. The molecule has 0 aliphatic heterocycles. The van der Waals surface area contributed by atoms with Gasteiger partial charge in [0.1, 0.15) is 0 Å². The van der Waals surface area contributed by atoms with Gasteiger partial charge in [0.15, 0.2) is 0 Å². The van der Waals surface area contributed by atoms with E-state index in [1.165, 1.54) is 32.1 Å². The average molecular weight is 210 g/mol. The molecule has 0 bridgehead atoms. The van der Waals surface area contributed by atoms with Crippen LogP contribution in [-0.4, -0.2) is 11.2 Å². The Balaban J connectivity index is 2.05. The van der Waals surface area contributed by atoms with Crippen LogP contribution >= 0.6 is 0 Å². The second-order valence-electron chi connectivity index (χ2n) is 6.81. The third kappa shape index (κ3) is 2.38. The normalized spacial score (nSPS) is 42.4. The van der Waals surface area contributed by atoms with E-state index in [1.54, 1.807) is 0 Å². The van der Waals surface area contributed by atoms with Crippen molar-refractivity contribution in [2.24, 2.45) is 23.2 Å². The van der Waals surface area contributed by atoms with E-state index in [-0.39, 0.29) is 6.10 Å². The highest BCUT2D eigenvalue weighted by molar-refractivity contribution is 4.91. The minimum absolute atomic E-state index is 0.00623. The zero-order chi connectivity index (χ0) is 11.1. The molecular weight excluding hydrogens is 184 g/mol. The average Bonchev–Trinajstić information content (AvgIpc) is 2.16. The fraction of sp³-hybridized carbons (Fsp3) is 1.00. The van der Waals surface area contributed by atoms with Gasteiger partial charge in [-0.15, -0.1) is 0 Å². The molecule has 1 nitrogen and oxygen atoms in total. The molecule has 2 aliphatic rings. The summed E-state index contributed by atoms with van der Waals surface area (Å²) in [7, 11) is 0. The van der Waals surface area contributed by atoms with Gasteiger partial charge < -0.3 is 5.11 Å². The fourth-order valence-electron chi connectivity index (χ4n) is 3.67. The van der Waals surface area contributed by atoms with Gasteiger partial charge in [-0.2, -0.15) is 0 Å². The van der Waals surface area contributed by atoms with E-state index < -0.39 is 0 Å². The molecule has 0 saturated heterocycles. The van der Waals surface area contributed by atoms with Gasteiger partial charge >= 0.3 is 0 Å². The van der Waals surface area contributed by atoms with E-state index in [1.807, 2.05) is 0 Å². The smallest absolute Gasteiger partial charge is 0.0573 e. The van der Waals surface area contributed by atoms with Crippen LogP contribution in [0.25, 0.3) is 0 Å². The van der Waals surface area contributed by atoms with Gasteiger partial charge in [0, 0.05) is 0 Å². The van der Waals surface area contributed by atoms with Crippen molar-refractivity contribution < 1.29 is 5.11 Å². The Morgan fingerprint density at radius 3 is 2.33 bits per heavy atom. The van der Waals surface area contributed by atoms with Gasteiger partial charge in [0.05, 0.1) is 6.10 Å². The second kappa shape index (κ2) is 4.08. The zero-order valence-corrected chi connectivity index (χ0v) is 10.5. The molecule has 4 atom stereocenters. The number of aliphatic hydroxyl groups excluding tert-OH is 1. The quantitative estimate of drug-likeness (QED) is 0.647. The number of aliphatic hydroxyl groups is 1. The van der Waals surface area contributed by atoms with Crippen LogP contribution in [0.5, 0.6) is 0 Å². The van der Waals surface area contributed by atoms with E-state index in [4.69, 9.17) is 0 Å². The summed E-state index contributed by atoms with van der Waals surface area (Å²) < 4.78 is 0. The summed E-state index contributed by atoms with van der Waals surface area (Å²) >= 11 is 0. The van der Waals surface area contributed by atoms with Crippen LogP contribution < -0.4 is 0 Å². The Labute approximate surface area is 94.3 Å². The van der Waals surface area contributed by atoms with Crippen LogP contribution in [0.15, 0.2) is 0 Å². The third-order valence-corrected chi connectivity index (χ3v) is 4.80. The van der Waals surface area contributed by atoms with Gasteiger partial charge in [0.2, 0.25) is 0 Å². The summed E-state index contributed by atoms with van der Waals surface area (Å²) in [5, 5.41) is 10.2. The second-order valence-corrected chi connectivity index (χ2v) is 6.81. The molecule has 1 N–H and O–H groups in total. The minimum Gasteiger partial charge on any atom is -0.393 e. The van der Waals surface area contributed by atoms with Crippen LogP contribution in [-0.2, 0) is 0 Å². The molecule has 4 unspecified atom stereocenters. The molecule has 0 radical (unpaired) electrons. The van der Waals surface area contributed by atoms with Crippen LogP contribution in [0.3, 0.4) is 0 Å². The Hall–Kier alpha value is -0.0400. The number of rotatable bonds is 0. The van der Waals surface area contributed by atoms with Crippen molar-refractivity contribution in [3.05, 3.63) is 0 Å². The molecule has 2 aliphatic carbocycles. The van der Waals surface area contributed by atoms with Crippen molar-refractivity contribution in [3.8, 4) is 0 Å². The van der Waals surface area contributed by atoms with Crippen molar-refractivity contribution >= 4 is 0 Å². The predicted molar refractivity (Wildman–Crippen MR) is 63.6 cm³/mol. The first-order valence-corrected chi connectivity index (χ1v) is 6.66. The topological polar surface area (TPSA) is 20.2 Å².